The van der Waals surface area contributed by atoms with E-state index in [0.29, 0.717) is 6.04 Å². The average Bonchev–Trinajstić information content (AvgIpc) is 3.24. The Morgan fingerprint density at radius 1 is 1.23 bits per heavy atom. The summed E-state index contributed by atoms with van der Waals surface area (Å²) in [7, 11) is 1.95. The van der Waals surface area contributed by atoms with Gasteiger partial charge in [-0.3, -0.25) is 9.58 Å². The fraction of sp³-hybridized carbons (Fsp3) is 0.368. The number of hydrogen-bond donors (Lipinski definition) is 1. The highest BCUT2D eigenvalue weighted by molar-refractivity contribution is 5.51. The molecule has 3 aromatic rings. The van der Waals surface area contributed by atoms with Gasteiger partial charge in [-0.05, 0) is 38.4 Å². The number of pyridine rings is 1. The molecule has 7 nitrogen and oxygen atoms in total. The number of hydrogen-bond acceptors (Lipinski definition) is 6. The molecule has 0 aliphatic carbocycles. The smallest absolute Gasteiger partial charge is 0.135 e. The number of rotatable bonds is 5. The maximum atomic E-state index is 4.72. The van der Waals surface area contributed by atoms with Crippen LogP contribution in [0.5, 0.6) is 0 Å². The minimum Gasteiger partial charge on any atom is -0.325 e. The lowest BCUT2D eigenvalue weighted by molar-refractivity contribution is 0.244. The Bertz CT molecular complexity index is 875. The molecule has 134 valence electrons. The van der Waals surface area contributed by atoms with Crippen LogP contribution in [0.15, 0.2) is 42.9 Å². The zero-order valence-corrected chi connectivity index (χ0v) is 15.1. The van der Waals surface area contributed by atoms with E-state index in [1.54, 1.807) is 6.20 Å². The van der Waals surface area contributed by atoms with Gasteiger partial charge >= 0.3 is 0 Å². The van der Waals surface area contributed by atoms with Gasteiger partial charge in [-0.1, -0.05) is 6.07 Å². The Kier molecular flexibility index (Phi) is 4.62. The standard InChI is InChI=1S/C19H23N7/c1-14-22-16(10-19(23-14)24-18-7-3-4-8-20-18)17-6-5-9-26(17)13-15-11-21-25(2)12-15/h3-4,7-8,10-12,17H,5-6,9,13H2,1-2H3,(H,20,22,23,24)/t17-/m1/s1. The van der Waals surface area contributed by atoms with Crippen molar-refractivity contribution in [2.45, 2.75) is 32.4 Å². The van der Waals surface area contributed by atoms with Crippen LogP contribution in [0.2, 0.25) is 0 Å². The molecule has 26 heavy (non-hydrogen) atoms. The van der Waals surface area contributed by atoms with Crippen molar-refractivity contribution in [2.24, 2.45) is 7.05 Å². The fourth-order valence-corrected chi connectivity index (χ4v) is 3.53. The molecule has 0 aromatic carbocycles. The molecule has 1 aliphatic heterocycles. The second kappa shape index (κ2) is 7.21. The summed E-state index contributed by atoms with van der Waals surface area (Å²) in [6, 6.07) is 8.14. The van der Waals surface area contributed by atoms with Gasteiger partial charge in [0.15, 0.2) is 0 Å². The lowest BCUT2D eigenvalue weighted by Crippen LogP contribution is -2.23. The fourth-order valence-electron chi connectivity index (χ4n) is 3.53. The molecule has 1 N–H and O–H groups in total. The molecule has 4 rings (SSSR count). The van der Waals surface area contributed by atoms with Gasteiger partial charge in [0.05, 0.1) is 17.9 Å². The van der Waals surface area contributed by atoms with Gasteiger partial charge in [-0.15, -0.1) is 0 Å². The summed E-state index contributed by atoms with van der Waals surface area (Å²) in [5.74, 6) is 2.35. The Hall–Kier alpha value is -2.80. The van der Waals surface area contributed by atoms with Crippen LogP contribution in [-0.4, -0.2) is 36.2 Å². The van der Waals surface area contributed by atoms with Crippen molar-refractivity contribution in [3.8, 4) is 0 Å². The Morgan fingerprint density at radius 2 is 2.15 bits per heavy atom. The molecule has 0 radical (unpaired) electrons. The highest BCUT2D eigenvalue weighted by Crippen LogP contribution is 2.33. The van der Waals surface area contributed by atoms with Crippen molar-refractivity contribution in [3.63, 3.8) is 0 Å². The molecular weight excluding hydrogens is 326 g/mol. The highest BCUT2D eigenvalue weighted by Gasteiger charge is 2.28. The van der Waals surface area contributed by atoms with Crippen molar-refractivity contribution in [2.75, 3.05) is 11.9 Å². The van der Waals surface area contributed by atoms with Gasteiger partial charge < -0.3 is 5.32 Å². The van der Waals surface area contributed by atoms with Gasteiger partial charge in [0.25, 0.3) is 0 Å². The monoisotopic (exact) mass is 349 g/mol. The first-order chi connectivity index (χ1) is 12.7. The molecule has 0 unspecified atom stereocenters. The molecule has 3 aromatic heterocycles. The third-order valence-corrected chi connectivity index (χ3v) is 4.63. The molecule has 4 heterocycles. The van der Waals surface area contributed by atoms with E-state index in [9.17, 15) is 0 Å². The van der Waals surface area contributed by atoms with Crippen LogP contribution < -0.4 is 5.32 Å². The van der Waals surface area contributed by atoms with Crippen LogP contribution in [0.3, 0.4) is 0 Å². The van der Waals surface area contributed by atoms with Crippen LogP contribution in [0.25, 0.3) is 0 Å². The van der Waals surface area contributed by atoms with Crippen LogP contribution >= 0.6 is 0 Å². The zero-order valence-electron chi connectivity index (χ0n) is 15.1. The second-order valence-corrected chi connectivity index (χ2v) is 6.72. The number of aromatic nitrogens is 5. The lowest BCUT2D eigenvalue weighted by Gasteiger charge is -2.24. The van der Waals surface area contributed by atoms with E-state index < -0.39 is 0 Å². The van der Waals surface area contributed by atoms with E-state index in [4.69, 9.17) is 4.98 Å². The number of aryl methyl sites for hydroxylation is 2. The summed E-state index contributed by atoms with van der Waals surface area (Å²) in [6.07, 6.45) is 8.07. The average molecular weight is 349 g/mol. The highest BCUT2D eigenvalue weighted by atomic mass is 15.3. The molecule has 0 spiro atoms. The van der Waals surface area contributed by atoms with Crippen LogP contribution in [-0.2, 0) is 13.6 Å². The first kappa shape index (κ1) is 16.7. The maximum Gasteiger partial charge on any atom is 0.135 e. The summed E-state index contributed by atoms with van der Waals surface area (Å²) in [6.45, 7) is 3.91. The van der Waals surface area contributed by atoms with Gasteiger partial charge in [0.2, 0.25) is 0 Å². The van der Waals surface area contributed by atoms with Crippen LogP contribution in [0.4, 0.5) is 11.6 Å². The predicted octanol–water partition coefficient (Wildman–Crippen LogP) is 2.99. The Morgan fingerprint density at radius 3 is 2.92 bits per heavy atom. The normalized spacial score (nSPS) is 17.5. The number of likely N-dealkylation sites (tertiary alicyclic amines) is 1. The second-order valence-electron chi connectivity index (χ2n) is 6.72. The van der Waals surface area contributed by atoms with E-state index in [1.165, 1.54) is 12.0 Å². The minimum atomic E-state index is 0.307. The van der Waals surface area contributed by atoms with E-state index in [0.717, 1.165) is 42.7 Å². The van der Waals surface area contributed by atoms with Crippen molar-refractivity contribution < 1.29 is 0 Å². The first-order valence-electron chi connectivity index (χ1n) is 8.92. The summed E-state index contributed by atoms with van der Waals surface area (Å²) in [4.78, 5) is 16.0. The van der Waals surface area contributed by atoms with Gasteiger partial charge in [-0.2, -0.15) is 5.10 Å². The maximum absolute atomic E-state index is 4.72. The predicted molar refractivity (Wildman–Crippen MR) is 99.9 cm³/mol. The molecule has 1 atom stereocenters. The molecule has 7 heteroatoms. The molecule has 1 aliphatic rings. The third-order valence-electron chi connectivity index (χ3n) is 4.63. The quantitative estimate of drug-likeness (QED) is 0.763. The van der Waals surface area contributed by atoms with Crippen LogP contribution in [0, 0.1) is 6.92 Å². The Balaban J connectivity index is 1.55. The molecule has 0 saturated carbocycles. The number of nitrogens with zero attached hydrogens (tertiary/aromatic N) is 6. The summed E-state index contributed by atoms with van der Waals surface area (Å²) in [5, 5.41) is 7.56. The largest absolute Gasteiger partial charge is 0.325 e. The zero-order chi connectivity index (χ0) is 17.9. The van der Waals surface area contributed by atoms with Crippen molar-refractivity contribution in [1.82, 2.24) is 29.6 Å². The van der Waals surface area contributed by atoms with Gasteiger partial charge in [-0.25, -0.2) is 15.0 Å². The van der Waals surface area contributed by atoms with E-state index in [2.05, 4.69) is 31.5 Å². The summed E-state index contributed by atoms with van der Waals surface area (Å²) >= 11 is 0. The number of anilines is 2. The minimum absolute atomic E-state index is 0.307. The Labute approximate surface area is 153 Å². The molecule has 1 saturated heterocycles. The molecule has 1 fully saturated rings. The van der Waals surface area contributed by atoms with Crippen LogP contribution in [0.1, 0.15) is 36.0 Å². The van der Waals surface area contributed by atoms with Crippen molar-refractivity contribution >= 4 is 11.6 Å². The van der Waals surface area contributed by atoms with Gasteiger partial charge in [0.1, 0.15) is 17.5 Å². The van der Waals surface area contributed by atoms with E-state index >= 15 is 0 Å². The topological polar surface area (TPSA) is 71.8 Å². The van der Waals surface area contributed by atoms with E-state index in [1.807, 2.05) is 49.1 Å². The summed E-state index contributed by atoms with van der Waals surface area (Å²) < 4.78 is 1.85. The first-order valence-corrected chi connectivity index (χ1v) is 8.92. The van der Waals surface area contributed by atoms with Crippen molar-refractivity contribution in [3.05, 3.63) is 59.9 Å². The molecule has 0 amide bonds. The number of nitrogens with one attached hydrogen (secondary N) is 1. The third kappa shape index (κ3) is 3.72. The summed E-state index contributed by atoms with van der Waals surface area (Å²) in [5.41, 5.74) is 2.30. The SMILES string of the molecule is Cc1nc(Nc2ccccn2)cc([C@H]2CCCN2Cc2cnn(C)c2)n1. The van der Waals surface area contributed by atoms with Gasteiger partial charge in [0, 0.05) is 37.6 Å². The molecule has 0 bridgehead atoms. The van der Waals surface area contributed by atoms with Crippen molar-refractivity contribution in [1.29, 1.82) is 0 Å². The van der Waals surface area contributed by atoms with E-state index in [-0.39, 0.29) is 0 Å². The molecular formula is C19H23N7. The lowest BCUT2D eigenvalue weighted by atomic mass is 10.1.